The van der Waals surface area contributed by atoms with Gasteiger partial charge >= 0.3 is 6.18 Å². The Morgan fingerprint density at radius 2 is 2.00 bits per heavy atom. The van der Waals surface area contributed by atoms with Crippen molar-refractivity contribution in [1.29, 1.82) is 5.26 Å². The van der Waals surface area contributed by atoms with Gasteiger partial charge in [0.25, 0.3) is 0 Å². The van der Waals surface area contributed by atoms with Crippen molar-refractivity contribution < 1.29 is 22.7 Å². The van der Waals surface area contributed by atoms with Gasteiger partial charge in [0, 0.05) is 12.0 Å². The van der Waals surface area contributed by atoms with Crippen LogP contribution in [0.2, 0.25) is 0 Å². The van der Waals surface area contributed by atoms with E-state index in [1.807, 2.05) is 13.8 Å². The Hall–Kier alpha value is -1.09. The van der Waals surface area contributed by atoms with Gasteiger partial charge in [-0.15, -0.1) is 0 Å². The third kappa shape index (κ3) is 4.20. The maximum Gasteiger partial charge on any atom is 0.411 e. The molecule has 114 valence electrons. The quantitative estimate of drug-likeness (QED) is 0.727. The molecule has 0 amide bonds. The summed E-state index contributed by atoms with van der Waals surface area (Å²) in [7, 11) is 0. The Morgan fingerprint density at radius 3 is 2.55 bits per heavy atom. The zero-order chi connectivity index (χ0) is 15.4. The van der Waals surface area contributed by atoms with Crippen LogP contribution in [0, 0.1) is 22.2 Å². The molecule has 1 atom stereocenters. The fourth-order valence-electron chi connectivity index (χ4n) is 2.77. The number of rotatable bonds is 5. The van der Waals surface area contributed by atoms with E-state index in [0.717, 1.165) is 12.8 Å². The molecule has 1 unspecified atom stereocenters. The number of ether oxygens (including phenoxy) is 1. The molecule has 0 bridgehead atoms. The summed E-state index contributed by atoms with van der Waals surface area (Å²) in [5, 5.41) is 9.34. The maximum absolute atomic E-state index is 12.4. The number of ketones is 1. The van der Waals surface area contributed by atoms with Crippen molar-refractivity contribution in [3.8, 4) is 6.07 Å². The van der Waals surface area contributed by atoms with Crippen LogP contribution in [0.1, 0.15) is 46.0 Å². The van der Waals surface area contributed by atoms with Gasteiger partial charge in [0.05, 0.1) is 6.07 Å². The minimum Gasteiger partial charge on any atom is -0.372 e. The number of nitriles is 1. The van der Waals surface area contributed by atoms with Crippen LogP contribution in [0.5, 0.6) is 0 Å². The molecule has 0 aromatic heterocycles. The second kappa shape index (κ2) is 6.13. The number of Topliss-reactive ketones (excluding diaryl/α,β-unsaturated/α-hetero) is 1. The van der Waals surface area contributed by atoms with E-state index in [4.69, 9.17) is 0 Å². The summed E-state index contributed by atoms with van der Waals surface area (Å²) < 4.78 is 40.3. The van der Waals surface area contributed by atoms with E-state index in [1.165, 1.54) is 0 Å². The zero-order valence-corrected chi connectivity index (χ0v) is 11.8. The number of alkyl halides is 3. The lowest BCUT2D eigenvalue weighted by Crippen LogP contribution is -2.43. The average molecular weight is 291 g/mol. The smallest absolute Gasteiger partial charge is 0.372 e. The van der Waals surface area contributed by atoms with Gasteiger partial charge in [0.2, 0.25) is 0 Å². The molecule has 0 N–H and O–H groups in total. The average Bonchev–Trinajstić information content (AvgIpc) is 2.33. The van der Waals surface area contributed by atoms with Gasteiger partial charge in [0.1, 0.15) is 12.0 Å². The molecule has 3 nitrogen and oxygen atoms in total. The van der Waals surface area contributed by atoms with Gasteiger partial charge in [0.15, 0.2) is 5.78 Å². The molecule has 0 aliphatic heterocycles. The minimum atomic E-state index is -4.34. The lowest BCUT2D eigenvalue weighted by atomic mass is 9.61. The van der Waals surface area contributed by atoms with Crippen LogP contribution in [0.3, 0.4) is 0 Å². The first kappa shape index (κ1) is 17.0. The Balaban J connectivity index is 2.51. The zero-order valence-electron chi connectivity index (χ0n) is 11.8. The lowest BCUT2D eigenvalue weighted by Gasteiger charge is -2.39. The molecule has 1 fully saturated rings. The first-order valence-corrected chi connectivity index (χ1v) is 6.74. The molecular formula is C14H20F3NO2. The number of carbonyl (C=O) groups excluding carboxylic acids is 1. The summed E-state index contributed by atoms with van der Waals surface area (Å²) in [4.78, 5) is 12.4. The van der Waals surface area contributed by atoms with Crippen LogP contribution < -0.4 is 0 Å². The van der Waals surface area contributed by atoms with Gasteiger partial charge in [-0.3, -0.25) is 4.79 Å². The number of hydrogen-bond donors (Lipinski definition) is 0. The number of halogens is 3. The highest BCUT2D eigenvalue weighted by Gasteiger charge is 2.48. The van der Waals surface area contributed by atoms with Crippen molar-refractivity contribution in [2.75, 3.05) is 13.2 Å². The van der Waals surface area contributed by atoms with Gasteiger partial charge < -0.3 is 4.74 Å². The van der Waals surface area contributed by atoms with Crippen molar-refractivity contribution in [2.45, 2.75) is 52.1 Å². The number of carbonyl (C=O) groups is 1. The van der Waals surface area contributed by atoms with Gasteiger partial charge in [-0.25, -0.2) is 0 Å². The van der Waals surface area contributed by atoms with E-state index in [-0.39, 0.29) is 25.2 Å². The Labute approximate surface area is 117 Å². The highest BCUT2D eigenvalue weighted by Crippen LogP contribution is 2.45. The van der Waals surface area contributed by atoms with Crippen LogP contribution in [-0.2, 0) is 9.53 Å². The molecule has 1 aliphatic carbocycles. The second-order valence-corrected chi connectivity index (χ2v) is 6.03. The Kier molecular flexibility index (Phi) is 5.20. The van der Waals surface area contributed by atoms with Crippen LogP contribution in [0.25, 0.3) is 0 Å². The number of nitrogens with zero attached hydrogens (tertiary/aromatic N) is 1. The van der Waals surface area contributed by atoms with Crippen LogP contribution in [-0.4, -0.2) is 25.2 Å². The van der Waals surface area contributed by atoms with Gasteiger partial charge in [-0.05, 0) is 25.7 Å². The molecule has 1 rings (SSSR count). The van der Waals surface area contributed by atoms with E-state index in [1.54, 1.807) is 0 Å². The molecule has 6 heteroatoms. The fourth-order valence-corrected chi connectivity index (χ4v) is 2.77. The lowest BCUT2D eigenvalue weighted by molar-refractivity contribution is -0.174. The van der Waals surface area contributed by atoms with E-state index in [0.29, 0.717) is 6.42 Å². The molecule has 20 heavy (non-hydrogen) atoms. The summed E-state index contributed by atoms with van der Waals surface area (Å²) in [5.41, 5.74) is -1.58. The summed E-state index contributed by atoms with van der Waals surface area (Å²) in [6, 6.07) is 2.10. The Bertz CT molecular complexity index is 398. The monoisotopic (exact) mass is 291 g/mol. The summed E-state index contributed by atoms with van der Waals surface area (Å²) in [6.07, 6.45) is -1.76. The van der Waals surface area contributed by atoms with Crippen molar-refractivity contribution in [1.82, 2.24) is 0 Å². The summed E-state index contributed by atoms with van der Waals surface area (Å²) in [5.74, 6) is -0.0884. The van der Waals surface area contributed by atoms with Crippen LogP contribution >= 0.6 is 0 Å². The molecule has 0 heterocycles. The third-order valence-electron chi connectivity index (χ3n) is 3.83. The van der Waals surface area contributed by atoms with Crippen molar-refractivity contribution in [2.24, 2.45) is 10.8 Å². The first-order chi connectivity index (χ1) is 9.13. The van der Waals surface area contributed by atoms with Crippen molar-refractivity contribution in [3.05, 3.63) is 0 Å². The normalized spacial score (nSPS) is 26.3. The second-order valence-electron chi connectivity index (χ2n) is 6.03. The van der Waals surface area contributed by atoms with E-state index in [9.17, 15) is 23.2 Å². The van der Waals surface area contributed by atoms with E-state index < -0.39 is 23.6 Å². The third-order valence-corrected chi connectivity index (χ3v) is 3.83. The van der Waals surface area contributed by atoms with Crippen molar-refractivity contribution in [3.63, 3.8) is 0 Å². The molecule has 0 aromatic rings. The molecule has 0 radical (unpaired) electrons. The van der Waals surface area contributed by atoms with Crippen molar-refractivity contribution >= 4 is 5.78 Å². The molecule has 0 spiro atoms. The first-order valence-electron chi connectivity index (χ1n) is 6.74. The SMILES string of the molecule is CC1(C)CCCC(C#N)(CCCOCC(F)(F)F)C1=O. The standard InChI is InChI=1S/C14H20F3NO2/c1-12(2)5-3-6-13(9-18,11(12)19)7-4-8-20-10-14(15,16)17/h3-8,10H2,1-2H3. The number of hydrogen-bond acceptors (Lipinski definition) is 3. The predicted octanol–water partition coefficient (Wildman–Crippen LogP) is 3.63. The molecular weight excluding hydrogens is 271 g/mol. The largest absolute Gasteiger partial charge is 0.411 e. The maximum atomic E-state index is 12.4. The molecule has 0 aromatic carbocycles. The summed E-state index contributed by atoms with van der Waals surface area (Å²) >= 11 is 0. The predicted molar refractivity (Wildman–Crippen MR) is 66.8 cm³/mol. The molecule has 0 saturated heterocycles. The van der Waals surface area contributed by atoms with Gasteiger partial charge in [-0.1, -0.05) is 20.3 Å². The highest BCUT2D eigenvalue weighted by molar-refractivity contribution is 5.92. The van der Waals surface area contributed by atoms with E-state index >= 15 is 0 Å². The van der Waals surface area contributed by atoms with Gasteiger partial charge in [-0.2, -0.15) is 18.4 Å². The van der Waals surface area contributed by atoms with Crippen LogP contribution in [0.15, 0.2) is 0 Å². The highest BCUT2D eigenvalue weighted by atomic mass is 19.4. The molecule has 1 saturated carbocycles. The van der Waals surface area contributed by atoms with Crippen LogP contribution in [0.4, 0.5) is 13.2 Å². The Morgan fingerprint density at radius 1 is 1.35 bits per heavy atom. The fraction of sp³-hybridized carbons (Fsp3) is 0.857. The van der Waals surface area contributed by atoms with E-state index in [2.05, 4.69) is 10.8 Å². The summed E-state index contributed by atoms with van der Waals surface area (Å²) in [6.45, 7) is 2.27. The minimum absolute atomic E-state index is 0.0867. The molecule has 1 aliphatic rings. The topological polar surface area (TPSA) is 50.1 Å².